The Kier molecular flexibility index (Phi) is 11.3. The van der Waals surface area contributed by atoms with Crippen LogP contribution in [0, 0.1) is 18.8 Å². The Morgan fingerprint density at radius 3 is 2.21 bits per heavy atom. The third-order valence-electron chi connectivity index (χ3n) is 5.96. The molecular formula is C31H30F2I2O7. The predicted molar refractivity (Wildman–Crippen MR) is 171 cm³/mol. The van der Waals surface area contributed by atoms with Gasteiger partial charge in [-0.3, -0.25) is 0 Å². The summed E-state index contributed by atoms with van der Waals surface area (Å²) >= 11 is 4.17. The van der Waals surface area contributed by atoms with Gasteiger partial charge in [0.25, 0.3) is 0 Å². The Balaban J connectivity index is 1.68. The van der Waals surface area contributed by atoms with Crippen LogP contribution in [0.2, 0.25) is 0 Å². The lowest BCUT2D eigenvalue weighted by Gasteiger charge is -2.27. The summed E-state index contributed by atoms with van der Waals surface area (Å²) in [6, 6.07) is 12.7. The summed E-state index contributed by atoms with van der Waals surface area (Å²) < 4.78 is 58.1. The number of hydrogen-bond acceptors (Lipinski definition) is 7. The van der Waals surface area contributed by atoms with E-state index in [1.807, 2.05) is 18.2 Å². The van der Waals surface area contributed by atoms with Crippen molar-refractivity contribution in [3.8, 4) is 11.5 Å². The van der Waals surface area contributed by atoms with Gasteiger partial charge in [0.05, 0.1) is 17.3 Å². The summed E-state index contributed by atoms with van der Waals surface area (Å²) in [5.74, 6) is -4.56. The second-order valence-electron chi connectivity index (χ2n) is 9.95. The molecule has 0 unspecified atom stereocenters. The lowest BCUT2D eigenvalue weighted by Crippen LogP contribution is -2.33. The fourth-order valence-corrected chi connectivity index (χ4v) is 5.84. The fraction of sp³-hybridized carbons (Fsp3) is 0.290. The highest BCUT2D eigenvalue weighted by Gasteiger charge is 2.30. The summed E-state index contributed by atoms with van der Waals surface area (Å²) in [5, 5.41) is 0. The van der Waals surface area contributed by atoms with Crippen molar-refractivity contribution < 1.29 is 42.1 Å². The van der Waals surface area contributed by atoms with Gasteiger partial charge in [-0.2, -0.15) is 0 Å². The molecule has 0 spiro atoms. The summed E-state index contributed by atoms with van der Waals surface area (Å²) in [4.78, 5) is 25.9. The standard InChI is InChI=1S/C31H30F2I2O7/c1-7-18-13-23(32)26(24(33)14-18)29(37)42-31(4,5)40-12-11-39-27-22(16-20(34)17-25(27)35)28(36)41-30(2,3)19-9-8-10-21(15-19)38-6/h7-10,13-17H,1,11-12H2,2-6H3. The molecule has 0 aromatic heterocycles. The molecule has 11 heteroatoms. The lowest BCUT2D eigenvalue weighted by atomic mass is 9.97. The first kappa shape index (κ1) is 33.7. The average molecular weight is 806 g/mol. The van der Waals surface area contributed by atoms with Crippen LogP contribution in [0.1, 0.15) is 59.5 Å². The number of esters is 2. The summed E-state index contributed by atoms with van der Waals surface area (Å²) in [7, 11) is 1.56. The summed E-state index contributed by atoms with van der Waals surface area (Å²) in [6.07, 6.45) is 1.26. The molecular weight excluding hydrogens is 776 g/mol. The maximum Gasteiger partial charge on any atom is 0.346 e. The first-order chi connectivity index (χ1) is 19.7. The van der Waals surface area contributed by atoms with Gasteiger partial charge in [-0.25, -0.2) is 18.4 Å². The van der Waals surface area contributed by atoms with Crippen LogP contribution < -0.4 is 9.47 Å². The third-order valence-corrected chi connectivity index (χ3v) is 7.39. The first-order valence-corrected chi connectivity index (χ1v) is 14.8. The molecule has 0 atom stereocenters. The predicted octanol–water partition coefficient (Wildman–Crippen LogP) is 7.91. The summed E-state index contributed by atoms with van der Waals surface area (Å²) in [5.41, 5.74) is -0.646. The van der Waals surface area contributed by atoms with Crippen molar-refractivity contribution >= 4 is 63.2 Å². The van der Waals surface area contributed by atoms with Gasteiger partial charge in [0.15, 0.2) is 0 Å². The highest BCUT2D eigenvalue weighted by Crippen LogP contribution is 2.33. The molecule has 0 radical (unpaired) electrons. The fourth-order valence-electron chi connectivity index (χ4n) is 3.84. The quantitative estimate of drug-likeness (QED) is 0.0798. The largest absolute Gasteiger partial charge is 0.497 e. The second-order valence-corrected chi connectivity index (χ2v) is 12.4. The van der Waals surface area contributed by atoms with E-state index in [0.29, 0.717) is 15.1 Å². The van der Waals surface area contributed by atoms with E-state index in [9.17, 15) is 18.4 Å². The van der Waals surface area contributed by atoms with Crippen LogP contribution in [0.4, 0.5) is 8.78 Å². The number of hydrogen-bond donors (Lipinski definition) is 0. The molecule has 42 heavy (non-hydrogen) atoms. The van der Waals surface area contributed by atoms with Gasteiger partial charge in [-0.15, -0.1) is 0 Å². The molecule has 0 aliphatic rings. The van der Waals surface area contributed by atoms with Crippen LogP contribution in [-0.2, 0) is 19.8 Å². The molecule has 0 amide bonds. The topological polar surface area (TPSA) is 80.3 Å². The zero-order valence-corrected chi connectivity index (χ0v) is 28.0. The van der Waals surface area contributed by atoms with Crippen LogP contribution in [-0.4, -0.2) is 38.0 Å². The minimum absolute atomic E-state index is 0.0338. The van der Waals surface area contributed by atoms with Crippen molar-refractivity contribution in [2.45, 2.75) is 39.1 Å². The smallest absolute Gasteiger partial charge is 0.346 e. The molecule has 0 fully saturated rings. The van der Waals surface area contributed by atoms with Crippen LogP contribution in [0.15, 0.2) is 55.1 Å². The molecule has 0 N–H and O–H groups in total. The number of methoxy groups -OCH3 is 1. The van der Waals surface area contributed by atoms with Crippen LogP contribution >= 0.6 is 45.2 Å². The van der Waals surface area contributed by atoms with Gasteiger partial charge in [0.1, 0.15) is 46.5 Å². The van der Waals surface area contributed by atoms with E-state index in [2.05, 4.69) is 51.8 Å². The lowest BCUT2D eigenvalue weighted by molar-refractivity contribution is -0.182. The maximum absolute atomic E-state index is 14.3. The van der Waals surface area contributed by atoms with E-state index in [1.54, 1.807) is 39.2 Å². The summed E-state index contributed by atoms with van der Waals surface area (Å²) in [6.45, 7) is 9.76. The molecule has 0 heterocycles. The van der Waals surface area contributed by atoms with Crippen LogP contribution in [0.5, 0.6) is 11.5 Å². The molecule has 3 rings (SSSR count). The SMILES string of the molecule is C=Cc1cc(F)c(C(=O)OC(C)(C)OCCOc2c(I)cc(I)cc2C(=O)OC(C)(C)c2cccc(OC)c2)c(F)c1. The van der Waals surface area contributed by atoms with E-state index in [0.717, 1.165) is 21.3 Å². The number of rotatable bonds is 12. The zero-order valence-electron chi connectivity index (χ0n) is 23.7. The molecule has 7 nitrogen and oxygen atoms in total. The van der Waals surface area contributed by atoms with Crippen molar-refractivity contribution in [1.29, 1.82) is 0 Å². The number of ether oxygens (including phenoxy) is 5. The van der Waals surface area contributed by atoms with Gasteiger partial charge >= 0.3 is 11.9 Å². The maximum atomic E-state index is 14.3. The molecule has 0 aliphatic heterocycles. The molecule has 3 aromatic rings. The Morgan fingerprint density at radius 2 is 1.60 bits per heavy atom. The van der Waals surface area contributed by atoms with Gasteiger partial charge in [-0.05, 0) is 107 Å². The minimum Gasteiger partial charge on any atom is -0.497 e. The Bertz CT molecular complexity index is 1470. The van der Waals surface area contributed by atoms with Crippen molar-refractivity contribution in [2.75, 3.05) is 20.3 Å². The first-order valence-electron chi connectivity index (χ1n) is 12.7. The average Bonchev–Trinajstić information content (AvgIpc) is 2.90. The van der Waals surface area contributed by atoms with E-state index in [-0.39, 0.29) is 24.3 Å². The van der Waals surface area contributed by atoms with Gasteiger partial charge in [0.2, 0.25) is 5.79 Å². The number of carbonyl (C=O) groups is 2. The Hall–Kier alpha value is -2.78. The van der Waals surface area contributed by atoms with Crippen molar-refractivity contribution in [2.24, 2.45) is 0 Å². The molecule has 0 bridgehead atoms. The highest BCUT2D eigenvalue weighted by atomic mass is 127. The molecule has 0 aliphatic carbocycles. The molecule has 224 valence electrons. The normalized spacial score (nSPS) is 11.5. The Labute approximate surface area is 270 Å². The van der Waals surface area contributed by atoms with Gasteiger partial charge in [0, 0.05) is 17.4 Å². The van der Waals surface area contributed by atoms with Gasteiger partial charge < -0.3 is 23.7 Å². The van der Waals surface area contributed by atoms with E-state index in [4.69, 9.17) is 23.7 Å². The highest BCUT2D eigenvalue weighted by molar-refractivity contribution is 14.1. The van der Waals surface area contributed by atoms with Crippen molar-refractivity contribution in [3.63, 3.8) is 0 Å². The van der Waals surface area contributed by atoms with Crippen LogP contribution in [0.3, 0.4) is 0 Å². The van der Waals surface area contributed by atoms with Crippen molar-refractivity contribution in [3.05, 3.63) is 96.1 Å². The number of benzene rings is 3. The monoisotopic (exact) mass is 806 g/mol. The minimum atomic E-state index is -1.54. The zero-order chi connectivity index (χ0) is 31.2. The van der Waals surface area contributed by atoms with Gasteiger partial charge in [-0.1, -0.05) is 24.8 Å². The number of halogens is 4. The molecule has 0 saturated carbocycles. The van der Waals surface area contributed by atoms with Crippen molar-refractivity contribution in [1.82, 2.24) is 0 Å². The Morgan fingerprint density at radius 1 is 0.929 bits per heavy atom. The molecule has 3 aromatic carbocycles. The van der Waals surface area contributed by atoms with E-state index >= 15 is 0 Å². The second kappa shape index (κ2) is 14.1. The van der Waals surface area contributed by atoms with E-state index < -0.39 is 40.5 Å². The molecule has 0 saturated heterocycles. The third kappa shape index (κ3) is 8.63. The van der Waals surface area contributed by atoms with Crippen LogP contribution in [0.25, 0.3) is 6.08 Å². The van der Waals surface area contributed by atoms with E-state index in [1.165, 1.54) is 19.9 Å². The number of carbonyl (C=O) groups excluding carboxylic acids is 2.